The van der Waals surface area contributed by atoms with Crippen molar-refractivity contribution in [3.63, 3.8) is 0 Å². The Balaban J connectivity index is 1.09. The molecule has 18 heteroatoms. The third kappa shape index (κ3) is 19.7. The van der Waals surface area contributed by atoms with Gasteiger partial charge < -0.3 is 47.4 Å². The maximum absolute atomic E-state index is 13.6. The second-order valence-corrected chi connectivity index (χ2v) is 17.5. The summed E-state index contributed by atoms with van der Waals surface area (Å²) in [4.78, 5) is 100. The number of carbonyl (C=O) groups is 8. The summed E-state index contributed by atoms with van der Waals surface area (Å²) in [7, 11) is 0. The number of hydrogen-bond acceptors (Lipinski definition) is 18. The van der Waals surface area contributed by atoms with Gasteiger partial charge in [0, 0.05) is 18.2 Å². The summed E-state index contributed by atoms with van der Waals surface area (Å²) in [6, 6.07) is 17.3. The van der Waals surface area contributed by atoms with Gasteiger partial charge in [-0.15, -0.1) is 0 Å². The monoisotopic (exact) mass is 1020 g/mol. The number of esters is 8. The molecule has 2 aliphatic rings. The minimum absolute atomic E-state index is 0.0166. The van der Waals surface area contributed by atoms with Crippen LogP contribution in [0.2, 0.25) is 0 Å². The van der Waals surface area contributed by atoms with Gasteiger partial charge >= 0.3 is 47.8 Å². The van der Waals surface area contributed by atoms with Crippen molar-refractivity contribution < 1.29 is 85.7 Å². The topological polar surface area (TPSA) is 229 Å². The van der Waals surface area contributed by atoms with Gasteiger partial charge in [-0.05, 0) is 157 Å². The Kier molecular flexibility index (Phi) is 23.9. The predicted octanol–water partition coefficient (Wildman–Crippen LogP) is 8.76. The van der Waals surface area contributed by atoms with Crippen LogP contribution in [0, 0.1) is 23.7 Å². The average molecular weight is 1030 g/mol. The summed E-state index contributed by atoms with van der Waals surface area (Å²) in [6.45, 7) is 11.5. The molecule has 0 aromatic heterocycles. The molecular weight excluding hydrogens is 961 g/mol. The molecule has 0 bridgehead atoms. The first kappa shape index (κ1) is 57.1. The van der Waals surface area contributed by atoms with E-state index in [1.54, 1.807) is 48.5 Å². The maximum Gasteiger partial charge on any atom is 0.342 e. The number of carbonyl (C=O) groups excluding carboxylic acids is 8. The number of benzene rings is 3. The van der Waals surface area contributed by atoms with Crippen LogP contribution < -0.4 is 28.4 Å². The highest BCUT2D eigenvalue weighted by Gasteiger charge is 2.34. The Bertz CT molecular complexity index is 2390. The molecule has 0 aliphatic heterocycles. The Hall–Kier alpha value is -7.76. The molecule has 74 heavy (non-hydrogen) atoms. The minimum atomic E-state index is -0.842. The van der Waals surface area contributed by atoms with Gasteiger partial charge in [0.2, 0.25) is 0 Å². The number of rotatable bonds is 29. The highest BCUT2D eigenvalue weighted by atomic mass is 16.6. The summed E-state index contributed by atoms with van der Waals surface area (Å²) < 4.78 is 54.5. The van der Waals surface area contributed by atoms with Gasteiger partial charge in [-0.25, -0.2) is 19.2 Å². The van der Waals surface area contributed by atoms with Crippen molar-refractivity contribution in [3.05, 3.63) is 110 Å². The number of unbranched alkanes of at least 4 members (excludes halogenated alkanes) is 3. The van der Waals surface area contributed by atoms with Crippen molar-refractivity contribution in [2.45, 2.75) is 89.9 Å². The van der Waals surface area contributed by atoms with Crippen LogP contribution in [0.15, 0.2) is 105 Å². The number of ether oxygens (including phenoxy) is 10. The van der Waals surface area contributed by atoms with Crippen LogP contribution in [0.25, 0.3) is 0 Å². The lowest BCUT2D eigenvalue weighted by Crippen LogP contribution is -2.31. The van der Waals surface area contributed by atoms with Crippen LogP contribution in [-0.2, 0) is 52.5 Å². The molecule has 0 amide bonds. The summed E-state index contributed by atoms with van der Waals surface area (Å²) in [5, 5.41) is 0. The fourth-order valence-electron chi connectivity index (χ4n) is 7.88. The minimum Gasteiger partial charge on any atom is -0.494 e. The van der Waals surface area contributed by atoms with Crippen molar-refractivity contribution in [2.75, 3.05) is 39.6 Å². The molecule has 0 unspecified atom stereocenters. The zero-order valence-electron chi connectivity index (χ0n) is 41.5. The van der Waals surface area contributed by atoms with E-state index in [0.29, 0.717) is 126 Å². The third-order valence-electron chi connectivity index (χ3n) is 12.1. The van der Waals surface area contributed by atoms with Crippen LogP contribution >= 0.6 is 0 Å². The Morgan fingerprint density at radius 1 is 0.378 bits per heavy atom. The standard InChI is InChI=1S/C56H64O18/c1-4-49(57)67-33-9-7-31-65-42-21-25-44(26-22-42)71-52(60)38-13-15-40(16-14-38)54(62)73-46-29-30-48(47(37-46)56(64)70-36-12-11-35-69-51(59)6-3)74-55(63)41-19-17-39(18-20-41)53(61)72-45-27-23-43(24-28-45)66-32-8-10-34-68-50(58)5-2/h4-6,21-30,37-41H,1-3,7-20,31-36H2. The van der Waals surface area contributed by atoms with Crippen LogP contribution in [0.3, 0.4) is 0 Å². The van der Waals surface area contributed by atoms with Gasteiger partial charge in [-0.2, -0.15) is 0 Å². The lowest BCUT2D eigenvalue weighted by atomic mass is 9.82. The molecule has 2 fully saturated rings. The van der Waals surface area contributed by atoms with E-state index < -0.39 is 71.4 Å². The Morgan fingerprint density at radius 3 is 1.04 bits per heavy atom. The van der Waals surface area contributed by atoms with Crippen molar-refractivity contribution >= 4 is 47.8 Å². The largest absolute Gasteiger partial charge is 0.494 e. The summed E-state index contributed by atoms with van der Waals surface area (Å²) in [5.41, 5.74) is -0.156. The summed E-state index contributed by atoms with van der Waals surface area (Å²) in [5.74, 6) is -4.58. The third-order valence-corrected chi connectivity index (χ3v) is 12.1. The quantitative estimate of drug-likeness (QED) is 0.0208. The highest BCUT2D eigenvalue weighted by Crippen LogP contribution is 2.35. The highest BCUT2D eigenvalue weighted by molar-refractivity contribution is 5.94. The van der Waals surface area contributed by atoms with E-state index in [0.717, 1.165) is 18.2 Å². The average Bonchev–Trinajstić information content (AvgIpc) is 3.42. The molecule has 3 aromatic carbocycles. The predicted molar refractivity (Wildman–Crippen MR) is 265 cm³/mol. The van der Waals surface area contributed by atoms with Gasteiger partial charge in [0.25, 0.3) is 0 Å². The van der Waals surface area contributed by atoms with E-state index in [1.165, 1.54) is 18.2 Å². The molecule has 0 N–H and O–H groups in total. The summed E-state index contributed by atoms with van der Waals surface area (Å²) >= 11 is 0. The van der Waals surface area contributed by atoms with Crippen molar-refractivity contribution in [1.29, 1.82) is 0 Å². The molecule has 5 rings (SSSR count). The zero-order valence-corrected chi connectivity index (χ0v) is 41.5. The van der Waals surface area contributed by atoms with Crippen LogP contribution in [0.5, 0.6) is 34.5 Å². The first-order valence-electron chi connectivity index (χ1n) is 24.9. The van der Waals surface area contributed by atoms with Gasteiger partial charge in [0.05, 0.1) is 63.3 Å². The fraction of sp³-hybridized carbons (Fsp3) is 0.429. The first-order chi connectivity index (χ1) is 35.8. The molecule has 18 nitrogen and oxygen atoms in total. The maximum atomic E-state index is 13.6. The fourth-order valence-corrected chi connectivity index (χ4v) is 7.88. The molecular formula is C56H64O18. The lowest BCUT2D eigenvalue weighted by Gasteiger charge is -2.26. The van der Waals surface area contributed by atoms with E-state index in [2.05, 4.69) is 19.7 Å². The van der Waals surface area contributed by atoms with Gasteiger partial charge in [-0.1, -0.05) is 19.7 Å². The van der Waals surface area contributed by atoms with Crippen molar-refractivity contribution in [1.82, 2.24) is 0 Å². The van der Waals surface area contributed by atoms with E-state index in [1.807, 2.05) is 0 Å². The lowest BCUT2D eigenvalue weighted by molar-refractivity contribution is -0.145. The Labute approximate surface area is 430 Å². The van der Waals surface area contributed by atoms with E-state index in [-0.39, 0.29) is 43.5 Å². The molecule has 2 aliphatic carbocycles. The van der Waals surface area contributed by atoms with E-state index in [4.69, 9.17) is 47.4 Å². The van der Waals surface area contributed by atoms with Crippen LogP contribution in [-0.4, -0.2) is 87.4 Å². The SMILES string of the molecule is C=CC(=O)OCCCCOC(=O)c1cc(OC(=O)C2CCC(C(=O)Oc3ccc(OCCCCOC(=O)C=C)cc3)CC2)ccc1OC(=O)C1CCC(C(=O)Oc2ccc(OCCCCOC(=O)C=C)cc2)CC1. The van der Waals surface area contributed by atoms with E-state index in [9.17, 15) is 38.4 Å². The molecule has 0 radical (unpaired) electrons. The normalized spacial score (nSPS) is 16.9. The number of hydrogen-bond donors (Lipinski definition) is 0. The molecule has 2 saturated carbocycles. The summed E-state index contributed by atoms with van der Waals surface area (Å²) in [6.07, 6.45) is 9.48. The Morgan fingerprint density at radius 2 is 0.676 bits per heavy atom. The molecule has 0 heterocycles. The van der Waals surface area contributed by atoms with Gasteiger partial charge in [-0.3, -0.25) is 19.2 Å². The molecule has 0 atom stereocenters. The van der Waals surface area contributed by atoms with Crippen molar-refractivity contribution in [3.8, 4) is 34.5 Å². The second kappa shape index (κ2) is 31.0. The molecule has 0 spiro atoms. The van der Waals surface area contributed by atoms with Crippen LogP contribution in [0.1, 0.15) is 100 Å². The molecule has 396 valence electrons. The molecule has 3 aromatic rings. The van der Waals surface area contributed by atoms with Crippen molar-refractivity contribution in [2.24, 2.45) is 23.7 Å². The second-order valence-electron chi connectivity index (χ2n) is 17.5. The molecule has 0 saturated heterocycles. The van der Waals surface area contributed by atoms with Gasteiger partial charge in [0.15, 0.2) is 0 Å². The van der Waals surface area contributed by atoms with Crippen LogP contribution in [0.4, 0.5) is 0 Å². The zero-order chi connectivity index (χ0) is 53.1. The van der Waals surface area contributed by atoms with Gasteiger partial charge in [0.1, 0.15) is 40.1 Å². The smallest absolute Gasteiger partial charge is 0.342 e. The van der Waals surface area contributed by atoms with E-state index >= 15 is 0 Å². The first-order valence-corrected chi connectivity index (χ1v) is 24.9.